The van der Waals surface area contributed by atoms with Crippen molar-refractivity contribution in [3.05, 3.63) is 36.1 Å². The summed E-state index contributed by atoms with van der Waals surface area (Å²) in [5.41, 5.74) is 0.772. The lowest BCUT2D eigenvalue weighted by molar-refractivity contribution is -0.140. The van der Waals surface area contributed by atoms with Crippen molar-refractivity contribution in [2.75, 3.05) is 0 Å². The van der Waals surface area contributed by atoms with Gasteiger partial charge < -0.3 is 14.8 Å². The Morgan fingerprint density at radius 2 is 1.92 bits per heavy atom. The third-order valence-corrected chi connectivity index (χ3v) is 3.95. The fraction of sp³-hybridized carbons (Fsp3) is 0.444. The largest absolute Gasteiger partial charge is 0.480 e. The van der Waals surface area contributed by atoms with Crippen molar-refractivity contribution < 1.29 is 19.1 Å². The van der Waals surface area contributed by atoms with Crippen LogP contribution in [0.25, 0.3) is 11.0 Å². The molecule has 6 nitrogen and oxygen atoms in total. The second kappa shape index (κ2) is 9.44. The molecule has 0 saturated heterocycles. The van der Waals surface area contributed by atoms with Gasteiger partial charge in [0.1, 0.15) is 17.4 Å². The maximum atomic E-state index is 12.3. The molecule has 3 N–H and O–H groups in total. The number of aliphatic carboxylic acids is 1. The minimum atomic E-state index is -0.943. The van der Waals surface area contributed by atoms with Crippen molar-refractivity contribution in [3.63, 3.8) is 0 Å². The number of nitrogens with one attached hydrogen (secondary N) is 2. The summed E-state index contributed by atoms with van der Waals surface area (Å²) in [7, 11) is 0. The SMILES string of the molecule is CCCC(NC(C)C(=O)NC(C)c1cc2ccccc2o1)C(=O)O.Cl. The van der Waals surface area contributed by atoms with E-state index in [2.05, 4.69) is 10.6 Å². The van der Waals surface area contributed by atoms with Crippen LogP contribution < -0.4 is 10.6 Å². The Hall–Kier alpha value is -2.05. The van der Waals surface area contributed by atoms with Gasteiger partial charge in [0.05, 0.1) is 12.1 Å². The van der Waals surface area contributed by atoms with E-state index >= 15 is 0 Å². The molecular weight excluding hydrogens is 344 g/mol. The van der Waals surface area contributed by atoms with E-state index in [4.69, 9.17) is 9.52 Å². The van der Waals surface area contributed by atoms with Gasteiger partial charge in [-0.15, -0.1) is 12.4 Å². The van der Waals surface area contributed by atoms with Gasteiger partial charge in [-0.25, -0.2) is 0 Å². The van der Waals surface area contributed by atoms with Crippen LogP contribution in [0.2, 0.25) is 0 Å². The highest BCUT2D eigenvalue weighted by Crippen LogP contribution is 2.23. The first-order valence-corrected chi connectivity index (χ1v) is 8.20. The Morgan fingerprint density at radius 1 is 1.24 bits per heavy atom. The van der Waals surface area contributed by atoms with Gasteiger partial charge in [0.2, 0.25) is 5.91 Å². The molecule has 0 aliphatic rings. The number of amides is 1. The topological polar surface area (TPSA) is 91.6 Å². The number of carboxylic acids is 1. The number of para-hydroxylation sites is 1. The third kappa shape index (κ3) is 5.47. The van der Waals surface area contributed by atoms with Gasteiger partial charge in [-0.2, -0.15) is 0 Å². The third-order valence-electron chi connectivity index (χ3n) is 3.95. The van der Waals surface area contributed by atoms with Gasteiger partial charge in [-0.05, 0) is 32.4 Å². The van der Waals surface area contributed by atoms with Crippen molar-refractivity contribution >= 4 is 35.3 Å². The predicted octanol–water partition coefficient (Wildman–Crippen LogP) is 3.26. The lowest BCUT2D eigenvalue weighted by Gasteiger charge is -2.21. The van der Waals surface area contributed by atoms with E-state index in [1.807, 2.05) is 44.2 Å². The van der Waals surface area contributed by atoms with E-state index in [9.17, 15) is 9.59 Å². The molecule has 0 radical (unpaired) electrons. The fourth-order valence-electron chi connectivity index (χ4n) is 2.57. The molecule has 7 heteroatoms. The molecule has 138 valence electrons. The van der Waals surface area contributed by atoms with Crippen molar-refractivity contribution in [2.45, 2.75) is 51.7 Å². The van der Waals surface area contributed by atoms with Crippen molar-refractivity contribution in [3.8, 4) is 0 Å². The summed E-state index contributed by atoms with van der Waals surface area (Å²) in [6.07, 6.45) is 1.21. The summed E-state index contributed by atoms with van der Waals surface area (Å²) in [5.74, 6) is -0.535. The molecule has 1 aromatic heterocycles. The Kier molecular flexibility index (Phi) is 7.93. The number of benzene rings is 1. The summed E-state index contributed by atoms with van der Waals surface area (Å²) in [6.45, 7) is 5.40. The average Bonchev–Trinajstić information content (AvgIpc) is 2.98. The molecule has 1 amide bonds. The zero-order valence-corrected chi connectivity index (χ0v) is 15.4. The predicted molar refractivity (Wildman–Crippen MR) is 98.9 cm³/mol. The van der Waals surface area contributed by atoms with Crippen LogP contribution in [0, 0.1) is 0 Å². The van der Waals surface area contributed by atoms with Crippen LogP contribution in [0.5, 0.6) is 0 Å². The van der Waals surface area contributed by atoms with Crippen molar-refractivity contribution in [2.24, 2.45) is 0 Å². The Morgan fingerprint density at radius 3 is 2.52 bits per heavy atom. The summed E-state index contributed by atoms with van der Waals surface area (Å²) in [6, 6.07) is 7.91. The van der Waals surface area contributed by atoms with E-state index in [1.54, 1.807) is 6.92 Å². The summed E-state index contributed by atoms with van der Waals surface area (Å²) in [5, 5.41) is 15.9. The van der Waals surface area contributed by atoms with E-state index in [1.165, 1.54) is 0 Å². The average molecular weight is 369 g/mol. The quantitative estimate of drug-likeness (QED) is 0.665. The molecule has 2 aromatic rings. The maximum Gasteiger partial charge on any atom is 0.320 e. The molecule has 0 aliphatic carbocycles. The van der Waals surface area contributed by atoms with E-state index in [0.29, 0.717) is 12.2 Å². The zero-order chi connectivity index (χ0) is 17.7. The smallest absolute Gasteiger partial charge is 0.320 e. The second-order valence-corrected chi connectivity index (χ2v) is 5.98. The van der Waals surface area contributed by atoms with Gasteiger partial charge in [0, 0.05) is 5.39 Å². The van der Waals surface area contributed by atoms with Gasteiger partial charge in [0.15, 0.2) is 0 Å². The summed E-state index contributed by atoms with van der Waals surface area (Å²) in [4.78, 5) is 23.5. The Balaban J connectivity index is 0.00000312. The van der Waals surface area contributed by atoms with Crippen molar-refractivity contribution in [1.29, 1.82) is 0 Å². The standard InChI is InChI=1S/C18H24N2O4.ClH/c1-4-7-14(18(22)23)19-12(3)17(21)20-11(2)16-10-13-8-5-6-9-15(13)24-16;/h5-6,8-12,14,19H,4,7H2,1-3H3,(H,20,21)(H,22,23);1H. The number of hydrogen-bond acceptors (Lipinski definition) is 4. The lowest BCUT2D eigenvalue weighted by Crippen LogP contribution is -2.49. The Bertz CT molecular complexity index is 683. The molecule has 25 heavy (non-hydrogen) atoms. The maximum absolute atomic E-state index is 12.3. The highest BCUT2D eigenvalue weighted by atomic mass is 35.5. The van der Waals surface area contributed by atoms with Crippen LogP contribution in [-0.4, -0.2) is 29.1 Å². The zero-order valence-electron chi connectivity index (χ0n) is 14.6. The number of halogens is 1. The minimum Gasteiger partial charge on any atom is -0.480 e. The molecular formula is C18H25ClN2O4. The fourth-order valence-corrected chi connectivity index (χ4v) is 2.57. The van der Waals surface area contributed by atoms with Crippen LogP contribution in [-0.2, 0) is 9.59 Å². The van der Waals surface area contributed by atoms with Crippen LogP contribution in [0.15, 0.2) is 34.7 Å². The molecule has 3 atom stereocenters. The van der Waals surface area contributed by atoms with Gasteiger partial charge in [-0.1, -0.05) is 31.5 Å². The summed E-state index contributed by atoms with van der Waals surface area (Å²) < 4.78 is 5.74. The van der Waals surface area contributed by atoms with Gasteiger partial charge >= 0.3 is 5.97 Å². The molecule has 0 fully saturated rings. The molecule has 0 spiro atoms. The first-order valence-electron chi connectivity index (χ1n) is 8.20. The summed E-state index contributed by atoms with van der Waals surface area (Å²) >= 11 is 0. The molecule has 0 saturated carbocycles. The normalized spacial score (nSPS) is 14.4. The number of hydrogen-bond donors (Lipinski definition) is 3. The minimum absolute atomic E-state index is 0. The highest BCUT2D eigenvalue weighted by Gasteiger charge is 2.24. The van der Waals surface area contributed by atoms with E-state index in [0.717, 1.165) is 17.4 Å². The number of carbonyl (C=O) groups excluding carboxylic acids is 1. The van der Waals surface area contributed by atoms with Crippen LogP contribution >= 0.6 is 12.4 Å². The number of carbonyl (C=O) groups is 2. The monoisotopic (exact) mass is 368 g/mol. The number of furan rings is 1. The first-order chi connectivity index (χ1) is 11.4. The molecule has 1 heterocycles. The number of rotatable bonds is 8. The molecule has 0 bridgehead atoms. The van der Waals surface area contributed by atoms with Crippen LogP contribution in [0.1, 0.15) is 45.4 Å². The Labute approximate surface area is 153 Å². The van der Waals surface area contributed by atoms with E-state index in [-0.39, 0.29) is 24.4 Å². The van der Waals surface area contributed by atoms with Crippen LogP contribution in [0.4, 0.5) is 0 Å². The highest BCUT2D eigenvalue weighted by molar-refractivity contribution is 5.85. The first kappa shape index (κ1) is 21.0. The van der Waals surface area contributed by atoms with Gasteiger partial charge in [-0.3, -0.25) is 14.9 Å². The number of fused-ring (bicyclic) bond motifs is 1. The molecule has 3 unspecified atom stereocenters. The van der Waals surface area contributed by atoms with Crippen molar-refractivity contribution in [1.82, 2.24) is 10.6 Å². The molecule has 1 aromatic carbocycles. The second-order valence-electron chi connectivity index (χ2n) is 5.98. The van der Waals surface area contributed by atoms with E-state index < -0.39 is 18.1 Å². The lowest BCUT2D eigenvalue weighted by atomic mass is 10.1. The number of carboxylic acid groups (broad SMARTS) is 1. The van der Waals surface area contributed by atoms with Gasteiger partial charge in [0.25, 0.3) is 0 Å². The van der Waals surface area contributed by atoms with Crippen LogP contribution in [0.3, 0.4) is 0 Å². The molecule has 0 aliphatic heterocycles. The molecule has 2 rings (SSSR count).